The number of carbonyl (C=O) groups excluding carboxylic acids is 3. The third-order valence-electron chi connectivity index (χ3n) is 6.92. The average Bonchev–Trinajstić information content (AvgIpc) is 3.32. The van der Waals surface area contributed by atoms with Crippen LogP contribution in [0.5, 0.6) is 0 Å². The number of nitrogens with zero attached hydrogens (tertiary/aromatic N) is 5. The largest absolute Gasteiger partial charge is 0.444 e. The molecule has 0 unspecified atom stereocenters. The first-order valence-electron chi connectivity index (χ1n) is 14.0. The summed E-state index contributed by atoms with van der Waals surface area (Å²) in [5.41, 5.74) is 2.94. The van der Waals surface area contributed by atoms with Crippen molar-refractivity contribution in [3.8, 4) is 6.07 Å². The summed E-state index contributed by atoms with van der Waals surface area (Å²) in [7, 11) is 1.65. The van der Waals surface area contributed by atoms with Crippen molar-refractivity contribution >= 4 is 23.6 Å². The third kappa shape index (κ3) is 8.66. The van der Waals surface area contributed by atoms with Crippen molar-refractivity contribution in [2.24, 2.45) is 0 Å². The fourth-order valence-electron chi connectivity index (χ4n) is 4.65. The van der Waals surface area contributed by atoms with E-state index >= 15 is 0 Å². The number of anilines is 1. The van der Waals surface area contributed by atoms with Crippen LogP contribution < -0.4 is 10.2 Å². The first-order chi connectivity index (χ1) is 19.7. The Morgan fingerprint density at radius 1 is 1.10 bits per heavy atom. The number of fused-ring (bicyclic) bond motifs is 1. The summed E-state index contributed by atoms with van der Waals surface area (Å²) in [5.74, 6) is -0.935. The van der Waals surface area contributed by atoms with Gasteiger partial charge in [0.05, 0.1) is 24.7 Å². The van der Waals surface area contributed by atoms with E-state index in [1.165, 1.54) is 17.1 Å². The molecule has 0 saturated heterocycles. The van der Waals surface area contributed by atoms with E-state index in [1.807, 2.05) is 25.8 Å². The van der Waals surface area contributed by atoms with Crippen molar-refractivity contribution in [3.63, 3.8) is 0 Å². The number of likely N-dealkylation sites (N-methyl/N-ethyl adjacent to an activating group) is 1. The Balaban J connectivity index is 1.70. The van der Waals surface area contributed by atoms with Crippen molar-refractivity contribution in [1.29, 1.82) is 5.26 Å². The molecular formula is C31H41FN6O4. The lowest BCUT2D eigenvalue weighted by atomic mass is 10.1. The van der Waals surface area contributed by atoms with Gasteiger partial charge in [-0.2, -0.15) is 5.26 Å². The smallest absolute Gasteiger partial charge is 0.410 e. The van der Waals surface area contributed by atoms with Gasteiger partial charge < -0.3 is 19.9 Å². The Morgan fingerprint density at radius 2 is 1.79 bits per heavy atom. The molecular weight excluding hydrogens is 539 g/mol. The summed E-state index contributed by atoms with van der Waals surface area (Å²) >= 11 is 0. The molecule has 0 radical (unpaired) electrons. The van der Waals surface area contributed by atoms with Crippen molar-refractivity contribution in [3.05, 3.63) is 64.5 Å². The maximum atomic E-state index is 13.7. The van der Waals surface area contributed by atoms with Crippen LogP contribution in [0.25, 0.3) is 0 Å². The second kappa shape index (κ2) is 13.7. The third-order valence-corrected chi connectivity index (χ3v) is 6.92. The highest BCUT2D eigenvalue weighted by molar-refractivity contribution is 5.87. The number of benzene rings is 2. The van der Waals surface area contributed by atoms with Crippen molar-refractivity contribution in [2.45, 2.75) is 66.3 Å². The Kier molecular flexibility index (Phi) is 10.5. The molecule has 1 heterocycles. The van der Waals surface area contributed by atoms with Crippen LogP contribution in [0.4, 0.5) is 14.9 Å². The van der Waals surface area contributed by atoms with E-state index < -0.39 is 11.7 Å². The minimum Gasteiger partial charge on any atom is -0.444 e. The zero-order valence-corrected chi connectivity index (χ0v) is 25.5. The van der Waals surface area contributed by atoms with Crippen LogP contribution >= 0.6 is 0 Å². The summed E-state index contributed by atoms with van der Waals surface area (Å²) in [6.45, 7) is 12.0. The molecule has 0 saturated carbocycles. The van der Waals surface area contributed by atoms with Gasteiger partial charge in [-0.25, -0.2) is 14.2 Å². The summed E-state index contributed by atoms with van der Waals surface area (Å²) in [6.07, 6.45) is -0.460. The number of rotatable bonds is 10. The summed E-state index contributed by atoms with van der Waals surface area (Å²) in [4.78, 5) is 42.4. The number of amides is 3. The number of nitriles is 1. The Hall–Kier alpha value is -4.17. The van der Waals surface area contributed by atoms with Gasteiger partial charge >= 0.3 is 6.09 Å². The minimum absolute atomic E-state index is 0.128. The summed E-state index contributed by atoms with van der Waals surface area (Å²) in [5, 5.41) is 15.6. The van der Waals surface area contributed by atoms with Gasteiger partial charge in [-0.15, -0.1) is 0 Å². The predicted octanol–water partition coefficient (Wildman–Crippen LogP) is 3.96. The number of hydrogen-bond acceptors (Lipinski definition) is 7. The monoisotopic (exact) mass is 580 g/mol. The van der Waals surface area contributed by atoms with E-state index in [9.17, 15) is 24.0 Å². The molecule has 10 nitrogen and oxygen atoms in total. The second-order valence-corrected chi connectivity index (χ2v) is 11.7. The fraction of sp³-hybridized carbons (Fsp3) is 0.484. The summed E-state index contributed by atoms with van der Waals surface area (Å²) < 4.78 is 19.2. The maximum Gasteiger partial charge on any atom is 0.410 e. The molecule has 42 heavy (non-hydrogen) atoms. The molecule has 226 valence electrons. The van der Waals surface area contributed by atoms with Crippen LogP contribution in [0.15, 0.2) is 36.4 Å². The quantitative estimate of drug-likeness (QED) is 0.453. The van der Waals surface area contributed by atoms with E-state index in [0.717, 1.165) is 16.7 Å². The van der Waals surface area contributed by atoms with Gasteiger partial charge in [-0.1, -0.05) is 12.1 Å². The van der Waals surface area contributed by atoms with Gasteiger partial charge in [0, 0.05) is 45.0 Å². The molecule has 1 aliphatic heterocycles. The minimum atomic E-state index is -0.641. The van der Waals surface area contributed by atoms with Crippen molar-refractivity contribution in [1.82, 2.24) is 20.2 Å². The highest BCUT2D eigenvalue weighted by atomic mass is 19.1. The Bertz CT molecular complexity index is 1350. The molecule has 0 bridgehead atoms. The zero-order valence-electron chi connectivity index (χ0n) is 25.5. The van der Waals surface area contributed by atoms with Gasteiger partial charge in [0.15, 0.2) is 0 Å². The number of hydrogen-bond donors (Lipinski definition) is 1. The molecule has 1 N–H and O–H groups in total. The Morgan fingerprint density at radius 3 is 2.43 bits per heavy atom. The van der Waals surface area contributed by atoms with Crippen LogP contribution in [0.2, 0.25) is 0 Å². The molecule has 11 heteroatoms. The highest BCUT2D eigenvalue weighted by Gasteiger charge is 2.28. The molecule has 1 aliphatic rings. The molecule has 0 fully saturated rings. The molecule has 3 rings (SSSR count). The first kappa shape index (κ1) is 32.3. The first-order valence-corrected chi connectivity index (χ1v) is 14.0. The number of halogens is 1. The lowest BCUT2D eigenvalue weighted by Gasteiger charge is -2.32. The van der Waals surface area contributed by atoms with Gasteiger partial charge in [-0.3, -0.25) is 14.6 Å². The van der Waals surface area contributed by atoms with Gasteiger partial charge in [0.1, 0.15) is 11.4 Å². The van der Waals surface area contributed by atoms with Crippen LogP contribution in [0.1, 0.15) is 56.9 Å². The van der Waals surface area contributed by atoms with E-state index in [2.05, 4.69) is 11.4 Å². The van der Waals surface area contributed by atoms with Gasteiger partial charge in [0.25, 0.3) is 5.91 Å². The van der Waals surface area contributed by atoms with Crippen LogP contribution in [0.3, 0.4) is 0 Å². The molecule has 0 spiro atoms. The molecule has 0 aliphatic carbocycles. The highest BCUT2D eigenvalue weighted by Crippen LogP contribution is 2.26. The Labute approximate surface area is 247 Å². The van der Waals surface area contributed by atoms with Crippen molar-refractivity contribution in [2.75, 3.05) is 38.1 Å². The van der Waals surface area contributed by atoms with Gasteiger partial charge in [-0.05, 0) is 82.5 Å². The molecule has 3 amide bonds. The second-order valence-electron chi connectivity index (χ2n) is 11.7. The zero-order chi connectivity index (χ0) is 31.2. The van der Waals surface area contributed by atoms with Crippen LogP contribution in [-0.2, 0) is 27.4 Å². The predicted molar refractivity (Wildman–Crippen MR) is 158 cm³/mol. The number of nitrogens with one attached hydrogen (secondary N) is 1. The van der Waals surface area contributed by atoms with Gasteiger partial charge in [0.2, 0.25) is 5.91 Å². The number of ether oxygens (including phenoxy) is 1. The standard InChI is InChI=1S/C31H41FN6O4/c1-21(2)38(30(41)42-31(4,5)6)13-12-34-28(39)19-36(27-14-23(16-33)9-8-22(27)3)20-29(40)35(7)37-17-24-10-11-26(32)15-25(24)18-37/h8-11,14-15,21H,12-13,17-20H2,1-7H3,(H,34,39). The maximum absolute atomic E-state index is 13.7. The average molecular weight is 581 g/mol. The normalized spacial score (nSPS) is 12.9. The molecule has 2 aromatic carbocycles. The molecule has 2 aromatic rings. The number of aryl methyl sites for hydroxylation is 1. The SMILES string of the molecule is Cc1ccc(C#N)cc1N(CC(=O)NCCN(C(=O)OC(C)(C)C)C(C)C)CC(=O)N(C)N1Cc2ccc(F)cc2C1. The summed E-state index contributed by atoms with van der Waals surface area (Å²) in [6, 6.07) is 11.7. The lowest BCUT2D eigenvalue weighted by molar-refractivity contribution is -0.145. The van der Waals surface area contributed by atoms with E-state index in [-0.39, 0.29) is 49.9 Å². The lowest BCUT2D eigenvalue weighted by Crippen LogP contribution is -2.49. The van der Waals surface area contributed by atoms with Crippen LogP contribution in [0, 0.1) is 24.1 Å². The van der Waals surface area contributed by atoms with E-state index in [0.29, 0.717) is 24.3 Å². The van der Waals surface area contributed by atoms with E-state index in [4.69, 9.17) is 4.74 Å². The molecule has 0 aromatic heterocycles. The fourth-order valence-corrected chi connectivity index (χ4v) is 4.65. The topological polar surface area (TPSA) is 109 Å². The molecule has 0 atom stereocenters. The van der Waals surface area contributed by atoms with Crippen LogP contribution in [-0.4, -0.2) is 77.7 Å². The van der Waals surface area contributed by atoms with Crippen molar-refractivity contribution < 1.29 is 23.5 Å². The number of hydrazine groups is 1. The van der Waals surface area contributed by atoms with E-state index in [1.54, 1.807) is 61.9 Å². The number of carbonyl (C=O) groups is 3.